The third kappa shape index (κ3) is 2.95. The Morgan fingerprint density at radius 3 is 2.75 bits per heavy atom. The van der Waals surface area contributed by atoms with Crippen molar-refractivity contribution in [3.05, 3.63) is 0 Å². The fraction of sp³-hybridized carbons (Fsp3) is 0.818. The lowest BCUT2D eigenvalue weighted by molar-refractivity contribution is -0.144. The normalized spacial score (nSPS) is 22.9. The smallest absolute Gasteiger partial charge is 0.251 e. The zero-order valence-corrected chi connectivity index (χ0v) is 9.94. The predicted octanol–water partition coefficient (Wildman–Crippen LogP) is 0.135. The molecule has 0 aromatic rings. The minimum absolute atomic E-state index is 0.0315. The van der Waals surface area contributed by atoms with Gasteiger partial charge in [-0.15, -0.1) is 0 Å². The quantitative estimate of drug-likeness (QED) is 0.743. The highest BCUT2D eigenvalue weighted by atomic mass is 16.5. The van der Waals surface area contributed by atoms with Crippen LogP contribution in [0.2, 0.25) is 0 Å². The van der Waals surface area contributed by atoms with Crippen molar-refractivity contribution in [1.82, 2.24) is 4.90 Å². The number of carbonyl (C=O) groups is 2. The fourth-order valence-corrected chi connectivity index (χ4v) is 2.06. The van der Waals surface area contributed by atoms with Gasteiger partial charge >= 0.3 is 0 Å². The van der Waals surface area contributed by atoms with Crippen molar-refractivity contribution >= 4 is 11.8 Å². The summed E-state index contributed by atoms with van der Waals surface area (Å²) in [5.41, 5.74) is 5.26. The molecule has 2 atom stereocenters. The molecule has 0 aromatic carbocycles. The first-order valence-corrected chi connectivity index (χ1v) is 5.71. The van der Waals surface area contributed by atoms with Gasteiger partial charge in [0, 0.05) is 20.2 Å². The molecular weight excluding hydrogens is 208 g/mol. The van der Waals surface area contributed by atoms with Gasteiger partial charge in [-0.3, -0.25) is 9.59 Å². The van der Waals surface area contributed by atoms with Gasteiger partial charge in [-0.2, -0.15) is 0 Å². The van der Waals surface area contributed by atoms with E-state index in [0.29, 0.717) is 19.5 Å². The van der Waals surface area contributed by atoms with Crippen molar-refractivity contribution in [3.8, 4) is 0 Å². The van der Waals surface area contributed by atoms with Crippen molar-refractivity contribution in [3.63, 3.8) is 0 Å². The van der Waals surface area contributed by atoms with E-state index in [2.05, 4.69) is 0 Å². The second-order valence-electron chi connectivity index (χ2n) is 4.16. The number of primary amides is 1. The number of rotatable bonds is 4. The highest BCUT2D eigenvalue weighted by Crippen LogP contribution is 2.17. The van der Waals surface area contributed by atoms with Crippen molar-refractivity contribution in [2.24, 2.45) is 11.7 Å². The van der Waals surface area contributed by atoms with E-state index in [9.17, 15) is 9.59 Å². The number of hydrogen-bond donors (Lipinski definition) is 1. The summed E-state index contributed by atoms with van der Waals surface area (Å²) in [5, 5.41) is 0. The second kappa shape index (κ2) is 5.84. The third-order valence-corrected chi connectivity index (χ3v) is 3.07. The summed E-state index contributed by atoms with van der Waals surface area (Å²) < 4.78 is 5.10. The monoisotopic (exact) mass is 228 g/mol. The van der Waals surface area contributed by atoms with E-state index in [1.807, 2.05) is 6.92 Å². The Balaban J connectivity index is 2.59. The summed E-state index contributed by atoms with van der Waals surface area (Å²) in [6.07, 6.45) is 1.86. The number of nitrogens with zero attached hydrogens (tertiary/aromatic N) is 1. The van der Waals surface area contributed by atoms with Gasteiger partial charge in [-0.1, -0.05) is 6.92 Å². The van der Waals surface area contributed by atoms with Crippen LogP contribution in [-0.2, 0) is 14.3 Å². The van der Waals surface area contributed by atoms with E-state index in [1.165, 1.54) is 7.11 Å². The Morgan fingerprint density at radius 1 is 1.56 bits per heavy atom. The van der Waals surface area contributed by atoms with Crippen molar-refractivity contribution in [2.45, 2.75) is 32.3 Å². The summed E-state index contributed by atoms with van der Waals surface area (Å²) >= 11 is 0. The number of nitrogens with two attached hydrogens (primary N) is 1. The van der Waals surface area contributed by atoms with E-state index < -0.39 is 6.10 Å². The van der Waals surface area contributed by atoms with Crippen LogP contribution in [0.15, 0.2) is 0 Å². The SMILES string of the molecule is CCC(OC)C(=O)N1CCCC(C(N)=O)C1. The first kappa shape index (κ1) is 13.0. The van der Waals surface area contributed by atoms with E-state index in [1.54, 1.807) is 4.90 Å². The minimum Gasteiger partial charge on any atom is -0.372 e. The molecule has 16 heavy (non-hydrogen) atoms. The Hall–Kier alpha value is -1.10. The molecule has 0 bridgehead atoms. The van der Waals surface area contributed by atoms with Gasteiger partial charge in [-0.05, 0) is 19.3 Å². The van der Waals surface area contributed by atoms with Crippen molar-refractivity contribution in [1.29, 1.82) is 0 Å². The Bertz CT molecular complexity index is 264. The second-order valence-corrected chi connectivity index (χ2v) is 4.16. The number of carbonyl (C=O) groups excluding carboxylic acids is 2. The van der Waals surface area contributed by atoms with Crippen LogP contribution in [0.5, 0.6) is 0 Å². The zero-order valence-electron chi connectivity index (χ0n) is 9.94. The molecule has 1 aliphatic rings. The van der Waals surface area contributed by atoms with Crippen LogP contribution in [0.3, 0.4) is 0 Å². The number of likely N-dealkylation sites (tertiary alicyclic amines) is 1. The van der Waals surface area contributed by atoms with Gasteiger partial charge < -0.3 is 15.4 Å². The van der Waals surface area contributed by atoms with Crippen LogP contribution in [0.4, 0.5) is 0 Å². The van der Waals surface area contributed by atoms with E-state index >= 15 is 0 Å². The van der Waals surface area contributed by atoms with Crippen LogP contribution in [0.25, 0.3) is 0 Å². The lowest BCUT2D eigenvalue weighted by Crippen LogP contribution is -2.48. The van der Waals surface area contributed by atoms with Crippen molar-refractivity contribution < 1.29 is 14.3 Å². The molecule has 0 spiro atoms. The summed E-state index contributed by atoms with van der Waals surface area (Å²) in [6.45, 7) is 3.04. The standard InChI is InChI=1S/C11H20N2O3/c1-3-9(16-2)11(15)13-6-4-5-8(7-13)10(12)14/h8-9H,3-7H2,1-2H3,(H2,12,14). The van der Waals surface area contributed by atoms with Gasteiger partial charge in [0.05, 0.1) is 5.92 Å². The number of hydrogen-bond acceptors (Lipinski definition) is 3. The maximum absolute atomic E-state index is 12.0. The summed E-state index contributed by atoms with van der Waals surface area (Å²) in [4.78, 5) is 24.8. The fourth-order valence-electron chi connectivity index (χ4n) is 2.06. The molecule has 0 aliphatic carbocycles. The first-order chi connectivity index (χ1) is 7.60. The summed E-state index contributed by atoms with van der Waals surface area (Å²) in [7, 11) is 1.53. The number of ether oxygens (including phenoxy) is 1. The Kier molecular flexibility index (Phi) is 4.73. The maximum Gasteiger partial charge on any atom is 0.251 e. The van der Waals surface area contributed by atoms with Crippen molar-refractivity contribution in [2.75, 3.05) is 20.2 Å². The van der Waals surface area contributed by atoms with Gasteiger partial charge in [0.15, 0.2) is 0 Å². The molecule has 92 valence electrons. The average Bonchev–Trinajstić information content (AvgIpc) is 2.30. The highest BCUT2D eigenvalue weighted by Gasteiger charge is 2.30. The molecule has 0 radical (unpaired) electrons. The zero-order chi connectivity index (χ0) is 12.1. The van der Waals surface area contributed by atoms with Crippen LogP contribution < -0.4 is 5.73 Å². The average molecular weight is 228 g/mol. The van der Waals surface area contributed by atoms with Gasteiger partial charge in [0.25, 0.3) is 5.91 Å². The molecule has 2 N–H and O–H groups in total. The van der Waals surface area contributed by atoms with E-state index in [-0.39, 0.29) is 17.7 Å². The molecule has 5 heteroatoms. The molecule has 0 saturated carbocycles. The highest BCUT2D eigenvalue weighted by molar-refractivity contribution is 5.82. The minimum atomic E-state index is -0.397. The molecule has 1 heterocycles. The molecule has 1 saturated heterocycles. The van der Waals surface area contributed by atoms with Crippen LogP contribution in [-0.4, -0.2) is 43.0 Å². The molecule has 0 aromatic heterocycles. The molecular formula is C11H20N2O3. The Morgan fingerprint density at radius 2 is 2.25 bits per heavy atom. The third-order valence-electron chi connectivity index (χ3n) is 3.07. The van der Waals surface area contributed by atoms with Gasteiger partial charge in [0.2, 0.25) is 5.91 Å². The molecule has 1 rings (SSSR count). The molecule has 5 nitrogen and oxygen atoms in total. The van der Waals surface area contributed by atoms with Crippen LogP contribution in [0, 0.1) is 5.92 Å². The van der Waals surface area contributed by atoms with E-state index in [0.717, 1.165) is 12.8 Å². The van der Waals surface area contributed by atoms with E-state index in [4.69, 9.17) is 10.5 Å². The molecule has 1 aliphatic heterocycles. The van der Waals surface area contributed by atoms with Crippen LogP contribution >= 0.6 is 0 Å². The lowest BCUT2D eigenvalue weighted by atomic mass is 9.97. The molecule has 2 unspecified atom stereocenters. The Labute approximate surface area is 95.9 Å². The van der Waals surface area contributed by atoms with Gasteiger partial charge in [0.1, 0.15) is 6.10 Å². The predicted molar refractivity (Wildman–Crippen MR) is 59.6 cm³/mol. The number of methoxy groups -OCH3 is 1. The summed E-state index contributed by atoms with van der Waals surface area (Å²) in [6, 6.07) is 0. The topological polar surface area (TPSA) is 72.6 Å². The number of amides is 2. The largest absolute Gasteiger partial charge is 0.372 e. The maximum atomic E-state index is 12.0. The number of piperidine rings is 1. The lowest BCUT2D eigenvalue weighted by Gasteiger charge is -2.33. The van der Waals surface area contributed by atoms with Gasteiger partial charge in [-0.25, -0.2) is 0 Å². The summed E-state index contributed by atoms with van der Waals surface area (Å²) in [5.74, 6) is -0.550. The molecule has 1 fully saturated rings. The van der Waals surface area contributed by atoms with Crippen LogP contribution in [0.1, 0.15) is 26.2 Å². The molecule has 2 amide bonds. The first-order valence-electron chi connectivity index (χ1n) is 5.71.